The largest absolute Gasteiger partial charge is 0.305 e. The van der Waals surface area contributed by atoms with Crippen molar-refractivity contribution < 1.29 is 0 Å². The highest BCUT2D eigenvalue weighted by Crippen LogP contribution is 1.86. The molecule has 3 heteroatoms. The molecule has 90 valence electrons. The first-order chi connectivity index (χ1) is 7.86. The molecule has 0 amide bonds. The Morgan fingerprint density at radius 1 is 1.12 bits per heavy atom. The number of hydrogen-bond donors (Lipinski definition) is 1. The molecule has 0 spiro atoms. The van der Waals surface area contributed by atoms with Crippen molar-refractivity contribution in [1.82, 2.24) is 10.2 Å². The van der Waals surface area contributed by atoms with Crippen molar-refractivity contribution >= 4 is 14.7 Å². The highest BCUT2D eigenvalue weighted by molar-refractivity contribution is 6.53. The average Bonchev–Trinajstić information content (AvgIpc) is 2.35. The summed E-state index contributed by atoms with van der Waals surface area (Å²) >= 11 is 0. The number of nitrogens with zero attached hydrogens (tertiary/aromatic N) is 1. The van der Waals surface area contributed by atoms with Crippen LogP contribution >= 0.6 is 0 Å². The normalized spacial score (nSPS) is 11.7. The number of rotatable bonds is 8. The molecule has 1 aromatic carbocycles. The molecule has 1 aromatic rings. The first-order valence-corrected chi connectivity index (χ1v) is 8.04. The van der Waals surface area contributed by atoms with Crippen LogP contribution in [0.2, 0.25) is 6.04 Å². The van der Waals surface area contributed by atoms with E-state index in [4.69, 9.17) is 0 Å². The summed E-state index contributed by atoms with van der Waals surface area (Å²) < 4.78 is 0. The SMILES string of the molecule is CCN(CC)CNCC[SiH2]c1ccccc1. The molecule has 0 aromatic heterocycles. The Balaban J connectivity index is 2.04. The standard InChI is InChI=1S/C13H24N2Si/c1-3-15(4-2)12-14-10-11-16-13-8-6-5-7-9-13/h5-9,14H,3-4,10-12,16H2,1-2H3. The molecule has 1 N–H and O–H groups in total. The van der Waals surface area contributed by atoms with Crippen LogP contribution in [-0.4, -0.2) is 40.7 Å². The van der Waals surface area contributed by atoms with E-state index >= 15 is 0 Å². The van der Waals surface area contributed by atoms with Crippen LogP contribution in [0.25, 0.3) is 0 Å². The van der Waals surface area contributed by atoms with Crippen molar-refractivity contribution in [2.24, 2.45) is 0 Å². The van der Waals surface area contributed by atoms with Crippen molar-refractivity contribution in [3.8, 4) is 0 Å². The first kappa shape index (κ1) is 13.4. The molecule has 2 nitrogen and oxygen atoms in total. The topological polar surface area (TPSA) is 15.3 Å². The Hall–Kier alpha value is -0.643. The van der Waals surface area contributed by atoms with Crippen molar-refractivity contribution in [3.05, 3.63) is 30.3 Å². The van der Waals surface area contributed by atoms with Gasteiger partial charge in [0.15, 0.2) is 0 Å². The van der Waals surface area contributed by atoms with E-state index in [0.717, 1.165) is 26.3 Å². The van der Waals surface area contributed by atoms with E-state index in [1.165, 1.54) is 6.04 Å². The minimum atomic E-state index is -0.0499. The van der Waals surface area contributed by atoms with Crippen molar-refractivity contribution in [2.45, 2.75) is 19.9 Å². The summed E-state index contributed by atoms with van der Waals surface area (Å²) in [6.07, 6.45) is 0. The van der Waals surface area contributed by atoms with E-state index in [2.05, 4.69) is 54.4 Å². The predicted molar refractivity (Wildman–Crippen MR) is 75.2 cm³/mol. The molecule has 16 heavy (non-hydrogen) atoms. The van der Waals surface area contributed by atoms with Crippen LogP contribution in [0.15, 0.2) is 30.3 Å². The van der Waals surface area contributed by atoms with Gasteiger partial charge in [0.2, 0.25) is 0 Å². The Kier molecular flexibility index (Phi) is 7.13. The number of benzene rings is 1. The lowest BCUT2D eigenvalue weighted by molar-refractivity contribution is 0.282. The molecule has 0 unspecified atom stereocenters. The lowest BCUT2D eigenvalue weighted by atomic mass is 10.4. The Bertz CT molecular complexity index is 260. The van der Waals surface area contributed by atoms with E-state index in [0.29, 0.717) is 0 Å². The van der Waals surface area contributed by atoms with Gasteiger partial charge in [0.1, 0.15) is 0 Å². The third-order valence-electron chi connectivity index (χ3n) is 2.89. The molecule has 0 heterocycles. The third-order valence-corrected chi connectivity index (χ3v) is 4.65. The quantitative estimate of drug-likeness (QED) is 0.408. The second-order valence-electron chi connectivity index (χ2n) is 4.05. The van der Waals surface area contributed by atoms with Gasteiger partial charge in [-0.3, -0.25) is 4.90 Å². The third kappa shape index (κ3) is 5.44. The summed E-state index contributed by atoms with van der Waals surface area (Å²) in [5.74, 6) is 0. The Labute approximate surface area is 102 Å². The van der Waals surface area contributed by atoms with E-state index in [1.807, 2.05) is 0 Å². The maximum atomic E-state index is 3.52. The summed E-state index contributed by atoms with van der Waals surface area (Å²) in [4.78, 5) is 2.41. The molecule has 0 aliphatic heterocycles. The van der Waals surface area contributed by atoms with Crippen LogP contribution in [0.3, 0.4) is 0 Å². The lowest BCUT2D eigenvalue weighted by Gasteiger charge is -2.18. The monoisotopic (exact) mass is 236 g/mol. The van der Waals surface area contributed by atoms with E-state index in [-0.39, 0.29) is 9.52 Å². The lowest BCUT2D eigenvalue weighted by Crippen LogP contribution is -2.35. The van der Waals surface area contributed by atoms with E-state index < -0.39 is 0 Å². The van der Waals surface area contributed by atoms with Crippen LogP contribution in [0.4, 0.5) is 0 Å². The van der Waals surface area contributed by atoms with Crippen molar-refractivity contribution in [1.29, 1.82) is 0 Å². The predicted octanol–water partition coefficient (Wildman–Crippen LogP) is 0.788. The van der Waals surface area contributed by atoms with Gasteiger partial charge in [0.25, 0.3) is 0 Å². The summed E-state index contributed by atoms with van der Waals surface area (Å²) in [5, 5.41) is 5.09. The molecule has 0 saturated heterocycles. The van der Waals surface area contributed by atoms with Crippen molar-refractivity contribution in [3.63, 3.8) is 0 Å². The molecule has 0 saturated carbocycles. The highest BCUT2D eigenvalue weighted by Gasteiger charge is 1.97. The van der Waals surface area contributed by atoms with E-state index in [1.54, 1.807) is 5.19 Å². The molecular weight excluding hydrogens is 212 g/mol. The molecule has 0 atom stereocenters. The smallest absolute Gasteiger partial charge is 0.0560 e. The molecule has 0 bridgehead atoms. The summed E-state index contributed by atoms with van der Waals surface area (Å²) in [7, 11) is -0.0499. The minimum Gasteiger partial charge on any atom is -0.305 e. The van der Waals surface area contributed by atoms with Gasteiger partial charge in [-0.25, -0.2) is 0 Å². The van der Waals surface area contributed by atoms with Gasteiger partial charge < -0.3 is 5.32 Å². The fraction of sp³-hybridized carbons (Fsp3) is 0.538. The fourth-order valence-corrected chi connectivity index (χ4v) is 3.19. The molecule has 0 aliphatic rings. The maximum absolute atomic E-state index is 3.52. The van der Waals surface area contributed by atoms with Crippen LogP contribution in [0.5, 0.6) is 0 Å². The maximum Gasteiger partial charge on any atom is 0.0560 e. The van der Waals surface area contributed by atoms with E-state index in [9.17, 15) is 0 Å². The second kappa shape index (κ2) is 8.50. The molecule has 1 rings (SSSR count). The minimum absolute atomic E-state index is 0.0499. The van der Waals surface area contributed by atoms with Crippen molar-refractivity contribution in [2.75, 3.05) is 26.3 Å². The molecular formula is C13H24N2Si. The second-order valence-corrected chi connectivity index (χ2v) is 6.07. The zero-order chi connectivity index (χ0) is 11.6. The summed E-state index contributed by atoms with van der Waals surface area (Å²) in [5.41, 5.74) is 0. The van der Waals surface area contributed by atoms with Crippen LogP contribution < -0.4 is 10.5 Å². The van der Waals surface area contributed by atoms with Gasteiger partial charge in [-0.15, -0.1) is 0 Å². The Morgan fingerprint density at radius 2 is 1.81 bits per heavy atom. The van der Waals surface area contributed by atoms with Crippen LogP contribution in [0, 0.1) is 0 Å². The molecule has 0 radical (unpaired) electrons. The van der Waals surface area contributed by atoms with Gasteiger partial charge in [0.05, 0.1) is 9.52 Å². The average molecular weight is 236 g/mol. The zero-order valence-electron chi connectivity index (χ0n) is 10.6. The highest BCUT2D eigenvalue weighted by atomic mass is 28.2. The van der Waals surface area contributed by atoms with Gasteiger partial charge in [-0.1, -0.05) is 49.4 Å². The summed E-state index contributed by atoms with van der Waals surface area (Å²) in [6, 6.07) is 12.3. The summed E-state index contributed by atoms with van der Waals surface area (Å²) in [6.45, 7) is 8.90. The van der Waals surface area contributed by atoms with Crippen LogP contribution in [0.1, 0.15) is 13.8 Å². The Morgan fingerprint density at radius 3 is 2.44 bits per heavy atom. The number of nitrogens with one attached hydrogen (secondary N) is 1. The van der Waals surface area contributed by atoms with Gasteiger partial charge in [0, 0.05) is 6.67 Å². The van der Waals surface area contributed by atoms with Gasteiger partial charge in [-0.05, 0) is 25.7 Å². The molecule has 0 fully saturated rings. The van der Waals surface area contributed by atoms with Crippen LogP contribution in [-0.2, 0) is 0 Å². The van der Waals surface area contributed by atoms with Gasteiger partial charge in [-0.2, -0.15) is 0 Å². The first-order valence-electron chi connectivity index (χ1n) is 6.33. The fourth-order valence-electron chi connectivity index (χ4n) is 1.75. The number of hydrogen-bond acceptors (Lipinski definition) is 2. The van der Waals surface area contributed by atoms with Gasteiger partial charge >= 0.3 is 0 Å². The molecule has 0 aliphatic carbocycles. The zero-order valence-corrected chi connectivity index (χ0v) is 12.0.